The van der Waals surface area contributed by atoms with E-state index in [-0.39, 0.29) is 5.91 Å². The molecule has 1 amide bonds. The fraction of sp³-hybridized carbons (Fsp3) is 0.350. The van der Waals surface area contributed by atoms with Gasteiger partial charge in [0.2, 0.25) is 0 Å². The van der Waals surface area contributed by atoms with Gasteiger partial charge < -0.3 is 14.8 Å². The van der Waals surface area contributed by atoms with Crippen molar-refractivity contribution in [3.05, 3.63) is 54.1 Å². The molecule has 0 saturated heterocycles. The quantitative estimate of drug-likeness (QED) is 0.760. The number of rotatable bonds is 8. The van der Waals surface area contributed by atoms with Crippen LogP contribution in [0.3, 0.4) is 0 Å². The molecular weight excluding hydrogens is 302 g/mol. The van der Waals surface area contributed by atoms with Crippen LogP contribution >= 0.6 is 0 Å². The van der Waals surface area contributed by atoms with Crippen molar-refractivity contribution in [1.82, 2.24) is 0 Å². The van der Waals surface area contributed by atoms with Crippen molar-refractivity contribution in [2.24, 2.45) is 5.92 Å². The zero-order valence-corrected chi connectivity index (χ0v) is 14.5. The molecule has 0 spiro atoms. The molecule has 0 atom stereocenters. The van der Waals surface area contributed by atoms with Crippen LogP contribution in [0.5, 0.6) is 11.5 Å². The second-order valence-corrected chi connectivity index (χ2v) is 6.03. The minimum Gasteiger partial charge on any atom is -0.494 e. The van der Waals surface area contributed by atoms with Crippen molar-refractivity contribution in [1.29, 1.82) is 0 Å². The van der Waals surface area contributed by atoms with Crippen molar-refractivity contribution in [3.8, 4) is 11.5 Å². The van der Waals surface area contributed by atoms with E-state index in [1.807, 2.05) is 43.3 Å². The van der Waals surface area contributed by atoms with Gasteiger partial charge >= 0.3 is 0 Å². The largest absolute Gasteiger partial charge is 0.494 e. The Labute approximate surface area is 143 Å². The highest BCUT2D eigenvalue weighted by Crippen LogP contribution is 2.25. The summed E-state index contributed by atoms with van der Waals surface area (Å²) in [4.78, 5) is 12.5. The SMILES string of the molecule is CCCOc1cccc(C(=O)Nc2ccccc2OCC(C)C)c1. The molecule has 2 aromatic carbocycles. The first-order valence-electron chi connectivity index (χ1n) is 8.36. The molecule has 0 aromatic heterocycles. The number of nitrogens with one attached hydrogen (secondary N) is 1. The topological polar surface area (TPSA) is 47.6 Å². The van der Waals surface area contributed by atoms with Crippen LogP contribution in [0.15, 0.2) is 48.5 Å². The van der Waals surface area contributed by atoms with Gasteiger partial charge in [0.15, 0.2) is 0 Å². The third kappa shape index (κ3) is 5.30. The highest BCUT2D eigenvalue weighted by molar-refractivity contribution is 6.05. The van der Waals surface area contributed by atoms with Gasteiger partial charge in [-0.05, 0) is 42.7 Å². The molecule has 0 aliphatic rings. The smallest absolute Gasteiger partial charge is 0.255 e. The Kier molecular flexibility index (Phi) is 6.67. The van der Waals surface area contributed by atoms with E-state index in [4.69, 9.17) is 9.47 Å². The minimum absolute atomic E-state index is 0.183. The number of para-hydroxylation sites is 2. The summed E-state index contributed by atoms with van der Waals surface area (Å²) in [6.45, 7) is 7.46. The Balaban J connectivity index is 2.09. The molecule has 0 aliphatic heterocycles. The van der Waals surface area contributed by atoms with E-state index in [1.54, 1.807) is 12.1 Å². The molecule has 0 saturated carbocycles. The van der Waals surface area contributed by atoms with E-state index in [9.17, 15) is 4.79 Å². The summed E-state index contributed by atoms with van der Waals surface area (Å²) in [7, 11) is 0. The first-order chi connectivity index (χ1) is 11.6. The van der Waals surface area contributed by atoms with E-state index in [2.05, 4.69) is 19.2 Å². The Hall–Kier alpha value is -2.49. The Morgan fingerprint density at radius 1 is 1.08 bits per heavy atom. The summed E-state index contributed by atoms with van der Waals surface area (Å²) < 4.78 is 11.4. The number of hydrogen-bond acceptors (Lipinski definition) is 3. The Bertz CT molecular complexity index is 667. The zero-order chi connectivity index (χ0) is 17.4. The predicted octanol–water partition coefficient (Wildman–Crippen LogP) is 4.76. The second kappa shape index (κ2) is 8.96. The summed E-state index contributed by atoms with van der Waals surface area (Å²) in [6.07, 6.45) is 0.928. The molecule has 0 bridgehead atoms. The summed E-state index contributed by atoms with van der Waals surface area (Å²) >= 11 is 0. The van der Waals surface area contributed by atoms with Crippen LogP contribution in [0.1, 0.15) is 37.6 Å². The molecule has 1 N–H and O–H groups in total. The van der Waals surface area contributed by atoms with Gasteiger partial charge in [-0.3, -0.25) is 4.79 Å². The van der Waals surface area contributed by atoms with Gasteiger partial charge in [0.05, 0.1) is 18.9 Å². The van der Waals surface area contributed by atoms with Crippen molar-refractivity contribution in [3.63, 3.8) is 0 Å². The van der Waals surface area contributed by atoms with Crippen LogP contribution in [-0.4, -0.2) is 19.1 Å². The molecule has 128 valence electrons. The molecular formula is C20H25NO3. The second-order valence-electron chi connectivity index (χ2n) is 6.03. The molecule has 4 heteroatoms. The molecule has 4 nitrogen and oxygen atoms in total. The summed E-state index contributed by atoms with van der Waals surface area (Å²) in [6, 6.07) is 14.7. The van der Waals surface area contributed by atoms with E-state index in [0.717, 1.165) is 6.42 Å². The predicted molar refractivity (Wildman–Crippen MR) is 97.0 cm³/mol. The first-order valence-corrected chi connectivity index (χ1v) is 8.36. The molecule has 0 radical (unpaired) electrons. The number of amides is 1. The molecule has 0 unspecified atom stereocenters. The Morgan fingerprint density at radius 2 is 1.88 bits per heavy atom. The van der Waals surface area contributed by atoms with E-state index >= 15 is 0 Å². The monoisotopic (exact) mass is 327 g/mol. The van der Waals surface area contributed by atoms with E-state index in [0.29, 0.717) is 41.9 Å². The van der Waals surface area contributed by atoms with Gasteiger partial charge in [-0.2, -0.15) is 0 Å². The number of hydrogen-bond donors (Lipinski definition) is 1. The number of benzene rings is 2. The van der Waals surface area contributed by atoms with Gasteiger partial charge in [0, 0.05) is 5.56 Å². The van der Waals surface area contributed by atoms with Crippen molar-refractivity contribution in [2.45, 2.75) is 27.2 Å². The summed E-state index contributed by atoms with van der Waals surface area (Å²) in [5, 5.41) is 2.91. The molecule has 0 heterocycles. The maximum atomic E-state index is 12.5. The maximum absolute atomic E-state index is 12.5. The standard InChI is InChI=1S/C20H25NO3/c1-4-12-23-17-9-7-8-16(13-17)20(22)21-18-10-5-6-11-19(18)24-14-15(2)3/h5-11,13,15H,4,12,14H2,1-3H3,(H,21,22). The van der Waals surface area contributed by atoms with Crippen LogP contribution in [0.4, 0.5) is 5.69 Å². The molecule has 2 rings (SSSR count). The third-order valence-electron chi connectivity index (χ3n) is 3.28. The van der Waals surface area contributed by atoms with Crippen LogP contribution in [0.2, 0.25) is 0 Å². The van der Waals surface area contributed by atoms with E-state index < -0.39 is 0 Å². The number of ether oxygens (including phenoxy) is 2. The van der Waals surface area contributed by atoms with Gasteiger partial charge in [-0.1, -0.05) is 39.0 Å². The lowest BCUT2D eigenvalue weighted by molar-refractivity contribution is 0.102. The highest BCUT2D eigenvalue weighted by Gasteiger charge is 2.11. The molecule has 0 aliphatic carbocycles. The zero-order valence-electron chi connectivity index (χ0n) is 14.5. The lowest BCUT2D eigenvalue weighted by Gasteiger charge is -2.14. The van der Waals surface area contributed by atoms with Gasteiger partial charge in [-0.25, -0.2) is 0 Å². The van der Waals surface area contributed by atoms with E-state index in [1.165, 1.54) is 0 Å². The first kappa shape index (κ1) is 17.9. The van der Waals surface area contributed by atoms with Gasteiger partial charge in [0.25, 0.3) is 5.91 Å². The normalized spacial score (nSPS) is 10.5. The summed E-state index contributed by atoms with van der Waals surface area (Å²) in [5.41, 5.74) is 1.23. The highest BCUT2D eigenvalue weighted by atomic mass is 16.5. The van der Waals surface area contributed by atoms with Crippen molar-refractivity contribution in [2.75, 3.05) is 18.5 Å². The maximum Gasteiger partial charge on any atom is 0.255 e. The number of carbonyl (C=O) groups is 1. The molecule has 0 fully saturated rings. The summed E-state index contributed by atoms with van der Waals surface area (Å²) in [5.74, 6) is 1.62. The van der Waals surface area contributed by atoms with Crippen LogP contribution < -0.4 is 14.8 Å². The Morgan fingerprint density at radius 3 is 2.62 bits per heavy atom. The van der Waals surface area contributed by atoms with Gasteiger partial charge in [0.1, 0.15) is 11.5 Å². The molecule has 24 heavy (non-hydrogen) atoms. The fourth-order valence-electron chi connectivity index (χ4n) is 2.09. The average molecular weight is 327 g/mol. The van der Waals surface area contributed by atoms with Gasteiger partial charge in [-0.15, -0.1) is 0 Å². The van der Waals surface area contributed by atoms with Crippen molar-refractivity contribution >= 4 is 11.6 Å². The lowest BCUT2D eigenvalue weighted by atomic mass is 10.2. The minimum atomic E-state index is -0.183. The van der Waals surface area contributed by atoms with Crippen molar-refractivity contribution < 1.29 is 14.3 Å². The third-order valence-corrected chi connectivity index (χ3v) is 3.28. The van der Waals surface area contributed by atoms with Crippen LogP contribution in [0.25, 0.3) is 0 Å². The fourth-order valence-corrected chi connectivity index (χ4v) is 2.09. The number of anilines is 1. The molecule has 2 aromatic rings. The van der Waals surface area contributed by atoms with Crippen LogP contribution in [0, 0.1) is 5.92 Å². The average Bonchev–Trinajstić information content (AvgIpc) is 2.59. The number of carbonyl (C=O) groups excluding carboxylic acids is 1. The lowest BCUT2D eigenvalue weighted by Crippen LogP contribution is -2.14. The van der Waals surface area contributed by atoms with Crippen LogP contribution in [-0.2, 0) is 0 Å².